The van der Waals surface area contributed by atoms with Crippen molar-refractivity contribution < 1.29 is 13.9 Å². The van der Waals surface area contributed by atoms with Gasteiger partial charge in [-0.25, -0.2) is 9.18 Å². The van der Waals surface area contributed by atoms with Crippen LogP contribution in [0.3, 0.4) is 0 Å². The smallest absolute Gasteiger partial charge is 0.407 e. The highest BCUT2D eigenvalue weighted by molar-refractivity contribution is 6.33. The summed E-state index contributed by atoms with van der Waals surface area (Å²) >= 11 is 6.20. The Morgan fingerprint density at radius 3 is 2.71 bits per heavy atom. The van der Waals surface area contributed by atoms with Crippen molar-refractivity contribution in [3.63, 3.8) is 0 Å². The molecule has 31 heavy (non-hydrogen) atoms. The van der Waals surface area contributed by atoms with Crippen LogP contribution in [-0.4, -0.2) is 36.7 Å². The Kier molecular flexibility index (Phi) is 5.22. The van der Waals surface area contributed by atoms with Crippen molar-refractivity contribution in [2.45, 2.75) is 45.3 Å². The standard InChI is InChI=1S/C25H28ClFN2O2/c1-25(2)13-17-12-16(18-4-3-5-20(27)22(18)26)6-7-19(17)23(25)28-24(30)31-21-14-29-10-8-15(21)9-11-29/h3-7,12,15,21,23H,8-11,13-14H2,1-2H3,(H,28,30)/t21-,23?/m0/s1. The molecule has 164 valence electrons. The van der Waals surface area contributed by atoms with E-state index in [-0.39, 0.29) is 28.7 Å². The normalized spacial score (nSPS) is 28.3. The summed E-state index contributed by atoms with van der Waals surface area (Å²) in [5, 5.41) is 3.28. The molecule has 2 aromatic carbocycles. The highest BCUT2D eigenvalue weighted by atomic mass is 35.5. The van der Waals surface area contributed by atoms with Gasteiger partial charge >= 0.3 is 6.09 Å². The molecule has 2 bridgehead atoms. The number of ether oxygens (including phenoxy) is 1. The molecule has 0 spiro atoms. The third-order valence-corrected chi connectivity index (χ3v) is 7.65. The number of hydrogen-bond acceptors (Lipinski definition) is 3. The molecule has 1 N–H and O–H groups in total. The second-order valence-corrected chi connectivity index (χ2v) is 10.2. The molecule has 1 amide bonds. The number of fused-ring (bicyclic) bond motifs is 4. The topological polar surface area (TPSA) is 41.6 Å². The van der Waals surface area contributed by atoms with E-state index in [4.69, 9.17) is 16.3 Å². The fourth-order valence-corrected chi connectivity index (χ4v) is 5.79. The minimum atomic E-state index is -0.421. The third-order valence-electron chi connectivity index (χ3n) is 7.26. The lowest BCUT2D eigenvalue weighted by Gasteiger charge is -2.44. The molecule has 2 atom stereocenters. The number of amides is 1. The Morgan fingerprint density at radius 2 is 2.00 bits per heavy atom. The summed E-state index contributed by atoms with van der Waals surface area (Å²) in [6.45, 7) is 7.39. The molecule has 0 radical (unpaired) electrons. The van der Waals surface area contributed by atoms with Crippen LogP contribution < -0.4 is 5.32 Å². The van der Waals surface area contributed by atoms with Crippen LogP contribution in [0.25, 0.3) is 11.1 Å². The van der Waals surface area contributed by atoms with Gasteiger partial charge in [-0.15, -0.1) is 0 Å². The molecule has 2 aromatic rings. The molecular formula is C25H28ClFN2O2. The summed E-state index contributed by atoms with van der Waals surface area (Å²) in [5.74, 6) is 0.0632. The SMILES string of the molecule is CC1(C)Cc2cc(-c3cccc(F)c3Cl)ccc2C1NC(=O)O[C@H]1CN2CCC1CC2. The lowest BCUT2D eigenvalue weighted by Crippen LogP contribution is -2.53. The van der Waals surface area contributed by atoms with E-state index in [1.165, 1.54) is 6.07 Å². The van der Waals surface area contributed by atoms with Crippen LogP contribution in [0.5, 0.6) is 0 Å². The van der Waals surface area contributed by atoms with Crippen LogP contribution in [0.2, 0.25) is 5.02 Å². The minimum absolute atomic E-state index is 0.0102. The van der Waals surface area contributed by atoms with E-state index in [1.807, 2.05) is 18.2 Å². The van der Waals surface area contributed by atoms with Gasteiger partial charge in [-0.2, -0.15) is 0 Å². The fraction of sp³-hybridized carbons (Fsp3) is 0.480. The molecule has 6 rings (SSSR count). The Hall–Kier alpha value is -2.11. The van der Waals surface area contributed by atoms with Gasteiger partial charge in [-0.1, -0.05) is 55.8 Å². The quantitative estimate of drug-likeness (QED) is 0.673. The van der Waals surface area contributed by atoms with Gasteiger partial charge in [-0.3, -0.25) is 4.90 Å². The first kappa shape index (κ1) is 20.8. The molecule has 1 unspecified atom stereocenters. The summed E-state index contributed by atoms with van der Waals surface area (Å²) in [4.78, 5) is 15.2. The van der Waals surface area contributed by atoms with Crippen molar-refractivity contribution in [3.8, 4) is 11.1 Å². The first-order valence-electron chi connectivity index (χ1n) is 11.1. The van der Waals surface area contributed by atoms with Crippen molar-refractivity contribution in [2.75, 3.05) is 19.6 Å². The predicted octanol–water partition coefficient (Wildman–Crippen LogP) is 5.59. The predicted molar refractivity (Wildman–Crippen MR) is 120 cm³/mol. The van der Waals surface area contributed by atoms with Gasteiger partial charge in [0, 0.05) is 12.1 Å². The fourth-order valence-electron chi connectivity index (χ4n) is 5.56. The number of nitrogens with one attached hydrogen (secondary N) is 1. The van der Waals surface area contributed by atoms with Gasteiger partial charge in [0.1, 0.15) is 11.9 Å². The minimum Gasteiger partial charge on any atom is -0.445 e. The highest BCUT2D eigenvalue weighted by Crippen LogP contribution is 2.46. The van der Waals surface area contributed by atoms with Crippen LogP contribution in [0.1, 0.15) is 43.9 Å². The molecule has 4 nitrogen and oxygen atoms in total. The Bertz CT molecular complexity index is 1020. The number of hydrogen-bond donors (Lipinski definition) is 1. The monoisotopic (exact) mass is 442 g/mol. The van der Waals surface area contributed by atoms with E-state index in [2.05, 4.69) is 30.1 Å². The van der Waals surface area contributed by atoms with Gasteiger partial charge in [0.2, 0.25) is 0 Å². The van der Waals surface area contributed by atoms with Crippen LogP contribution in [-0.2, 0) is 11.2 Å². The summed E-state index contributed by atoms with van der Waals surface area (Å²) in [6.07, 6.45) is 2.70. The molecule has 0 aromatic heterocycles. The molecule has 3 heterocycles. The van der Waals surface area contributed by atoms with Crippen molar-refractivity contribution in [2.24, 2.45) is 11.3 Å². The van der Waals surface area contributed by atoms with Crippen LogP contribution >= 0.6 is 11.6 Å². The molecule has 3 aliphatic heterocycles. The highest BCUT2D eigenvalue weighted by Gasteiger charge is 2.42. The largest absolute Gasteiger partial charge is 0.445 e. The molecule has 0 saturated carbocycles. The average Bonchev–Trinajstić information content (AvgIpc) is 2.99. The van der Waals surface area contributed by atoms with Gasteiger partial charge in [0.05, 0.1) is 11.1 Å². The van der Waals surface area contributed by atoms with E-state index in [9.17, 15) is 9.18 Å². The van der Waals surface area contributed by atoms with Gasteiger partial charge < -0.3 is 10.1 Å². The molecule has 1 aliphatic carbocycles. The zero-order valence-electron chi connectivity index (χ0n) is 18.0. The number of halogens is 2. The second kappa shape index (κ2) is 7.79. The first-order chi connectivity index (χ1) is 14.8. The Labute approximate surface area is 187 Å². The van der Waals surface area contributed by atoms with Crippen molar-refractivity contribution in [1.29, 1.82) is 0 Å². The summed E-state index contributed by atoms with van der Waals surface area (Å²) in [7, 11) is 0. The van der Waals surface area contributed by atoms with Crippen molar-refractivity contribution in [3.05, 3.63) is 58.4 Å². The summed E-state index contributed by atoms with van der Waals surface area (Å²) < 4.78 is 19.8. The zero-order chi connectivity index (χ0) is 21.8. The lowest BCUT2D eigenvalue weighted by molar-refractivity contribution is -0.0348. The first-order valence-corrected chi connectivity index (χ1v) is 11.5. The average molecular weight is 443 g/mol. The van der Waals surface area contributed by atoms with Gasteiger partial charge in [0.15, 0.2) is 0 Å². The summed E-state index contributed by atoms with van der Waals surface area (Å²) in [6, 6.07) is 10.8. The molecule has 6 heteroatoms. The van der Waals surface area contributed by atoms with E-state index in [1.54, 1.807) is 6.07 Å². The maximum atomic E-state index is 13.9. The van der Waals surface area contributed by atoms with Crippen LogP contribution in [0.15, 0.2) is 36.4 Å². The van der Waals surface area contributed by atoms with E-state index < -0.39 is 5.82 Å². The Balaban J connectivity index is 1.35. The van der Waals surface area contributed by atoms with Gasteiger partial charge in [-0.05, 0) is 66.4 Å². The number of nitrogens with zero attached hydrogens (tertiary/aromatic N) is 1. The van der Waals surface area contributed by atoms with Crippen molar-refractivity contribution in [1.82, 2.24) is 10.2 Å². The number of rotatable bonds is 3. The van der Waals surface area contributed by atoms with E-state index in [0.717, 1.165) is 55.6 Å². The molecular weight excluding hydrogens is 415 g/mol. The van der Waals surface area contributed by atoms with Gasteiger partial charge in [0.25, 0.3) is 0 Å². The van der Waals surface area contributed by atoms with Crippen molar-refractivity contribution >= 4 is 17.7 Å². The van der Waals surface area contributed by atoms with Crippen LogP contribution in [0, 0.1) is 17.2 Å². The lowest BCUT2D eigenvalue weighted by atomic mass is 9.85. The van der Waals surface area contributed by atoms with Crippen LogP contribution in [0.4, 0.5) is 9.18 Å². The molecule has 3 saturated heterocycles. The third kappa shape index (κ3) is 3.83. The summed E-state index contributed by atoms with van der Waals surface area (Å²) in [5.41, 5.74) is 3.65. The maximum absolute atomic E-state index is 13.9. The molecule has 4 aliphatic rings. The van der Waals surface area contributed by atoms with E-state index >= 15 is 0 Å². The Morgan fingerprint density at radius 1 is 1.23 bits per heavy atom. The number of alkyl carbamates (subject to hydrolysis) is 1. The molecule has 3 fully saturated rings. The van der Waals surface area contributed by atoms with E-state index in [0.29, 0.717) is 11.5 Å². The number of carbonyl (C=O) groups is 1. The number of benzene rings is 2. The second-order valence-electron chi connectivity index (χ2n) is 9.84. The zero-order valence-corrected chi connectivity index (χ0v) is 18.7. The maximum Gasteiger partial charge on any atom is 0.407 e. The number of carbonyl (C=O) groups excluding carboxylic acids is 1. The number of piperidine rings is 3.